The molecule has 2 amide bonds. The first-order valence-electron chi connectivity index (χ1n) is 13.9. The van der Waals surface area contributed by atoms with E-state index in [0.29, 0.717) is 43.9 Å². The average molecular weight is 565 g/mol. The van der Waals surface area contributed by atoms with Gasteiger partial charge in [0.1, 0.15) is 34.9 Å². The fraction of sp³-hybridized carbons (Fsp3) is 0.387. The third-order valence-corrected chi connectivity index (χ3v) is 7.59. The van der Waals surface area contributed by atoms with Gasteiger partial charge < -0.3 is 19.7 Å². The Kier molecular flexibility index (Phi) is 9.08. The normalized spacial score (nSPS) is 16.8. The number of carbonyl (C=O) groups is 2. The molecule has 10 heteroatoms. The van der Waals surface area contributed by atoms with Gasteiger partial charge in [0.25, 0.3) is 11.8 Å². The van der Waals surface area contributed by atoms with Crippen LogP contribution in [-0.4, -0.2) is 72.0 Å². The maximum atomic E-state index is 13.5. The lowest BCUT2D eigenvalue weighted by Gasteiger charge is -2.32. The molecule has 0 saturated carbocycles. The van der Waals surface area contributed by atoms with Gasteiger partial charge in [0.05, 0.1) is 12.7 Å². The minimum Gasteiger partial charge on any atom is -0.497 e. The zero-order valence-electron chi connectivity index (χ0n) is 23.0. The Morgan fingerprint density at radius 1 is 0.902 bits per heavy atom. The second-order valence-corrected chi connectivity index (χ2v) is 10.5. The van der Waals surface area contributed by atoms with Crippen molar-refractivity contribution in [3.05, 3.63) is 89.2 Å². The van der Waals surface area contributed by atoms with E-state index in [1.54, 1.807) is 24.1 Å². The zero-order chi connectivity index (χ0) is 28.8. The molecule has 216 valence electrons. The van der Waals surface area contributed by atoms with Crippen LogP contribution in [0.1, 0.15) is 52.1 Å². The molecular formula is C31H34F2N4O4. The number of halogens is 2. The molecule has 41 heavy (non-hydrogen) atoms. The third-order valence-electron chi connectivity index (χ3n) is 7.59. The quantitative estimate of drug-likeness (QED) is 0.436. The lowest BCUT2D eigenvalue weighted by atomic mass is 10.0. The summed E-state index contributed by atoms with van der Waals surface area (Å²) in [6.45, 7) is 3.01. The number of carbonyl (C=O) groups excluding carboxylic acids is 2. The van der Waals surface area contributed by atoms with Crippen molar-refractivity contribution in [1.29, 1.82) is 0 Å². The number of nitrogens with zero attached hydrogens (tertiary/aromatic N) is 3. The van der Waals surface area contributed by atoms with E-state index >= 15 is 0 Å². The number of ether oxygens (including phenoxy) is 2. The van der Waals surface area contributed by atoms with E-state index in [2.05, 4.69) is 15.2 Å². The van der Waals surface area contributed by atoms with Gasteiger partial charge in [-0.05, 0) is 66.9 Å². The van der Waals surface area contributed by atoms with Crippen LogP contribution in [-0.2, 0) is 6.54 Å². The number of methoxy groups -OCH3 is 1. The Balaban J connectivity index is 1.05. The van der Waals surface area contributed by atoms with Gasteiger partial charge in [-0.25, -0.2) is 8.78 Å². The van der Waals surface area contributed by atoms with Crippen LogP contribution in [0.4, 0.5) is 8.78 Å². The van der Waals surface area contributed by atoms with Gasteiger partial charge in [0.15, 0.2) is 0 Å². The summed E-state index contributed by atoms with van der Waals surface area (Å²) in [5.74, 6) is -0.0116. The number of nitrogens with one attached hydrogen (secondary N) is 1. The molecule has 0 atom stereocenters. The third kappa shape index (κ3) is 7.58. The van der Waals surface area contributed by atoms with E-state index in [1.807, 2.05) is 24.3 Å². The Morgan fingerprint density at radius 2 is 1.56 bits per heavy atom. The van der Waals surface area contributed by atoms with Gasteiger partial charge in [-0.3, -0.25) is 19.5 Å². The van der Waals surface area contributed by atoms with E-state index in [4.69, 9.17) is 9.47 Å². The predicted molar refractivity (Wildman–Crippen MR) is 149 cm³/mol. The first-order chi connectivity index (χ1) is 19.9. The molecular weight excluding hydrogens is 530 g/mol. The molecule has 0 aliphatic carbocycles. The van der Waals surface area contributed by atoms with Crippen molar-refractivity contribution in [3.63, 3.8) is 0 Å². The van der Waals surface area contributed by atoms with Crippen LogP contribution in [0.3, 0.4) is 0 Å². The van der Waals surface area contributed by atoms with Crippen LogP contribution >= 0.6 is 0 Å². The van der Waals surface area contributed by atoms with Crippen molar-refractivity contribution in [2.45, 2.75) is 44.4 Å². The lowest BCUT2D eigenvalue weighted by molar-refractivity contribution is 0.0594. The summed E-state index contributed by atoms with van der Waals surface area (Å²) in [7, 11) is 1.62. The number of hydrogen-bond donors (Lipinski definition) is 1. The summed E-state index contributed by atoms with van der Waals surface area (Å²) in [4.78, 5) is 34.0. The predicted octanol–water partition coefficient (Wildman–Crippen LogP) is 4.45. The van der Waals surface area contributed by atoms with Gasteiger partial charge >= 0.3 is 0 Å². The summed E-state index contributed by atoms with van der Waals surface area (Å²) in [5, 5.41) is 3.02. The molecule has 2 aliphatic heterocycles. The lowest BCUT2D eigenvalue weighted by Crippen LogP contribution is -2.44. The van der Waals surface area contributed by atoms with E-state index in [9.17, 15) is 18.4 Å². The molecule has 1 N–H and O–H groups in total. The smallest absolute Gasteiger partial charge is 0.270 e. The number of piperidine rings is 2. The number of likely N-dealkylation sites (tertiary alicyclic amines) is 2. The molecule has 2 fully saturated rings. The summed E-state index contributed by atoms with van der Waals surface area (Å²) in [6, 6.07) is 14.2. The summed E-state index contributed by atoms with van der Waals surface area (Å²) < 4.78 is 38.2. The second kappa shape index (κ2) is 13.1. The standard InChI is InChI=1S/C31H34F2N4O4/c1-40-26-3-5-27(6-4-26)41-28-10-14-37(15-11-28)31(39)22-2-7-29(34-19-22)30(38)35-25-8-12-36(13-9-25)20-21-16-23(32)18-24(33)17-21/h2-7,16-19,25,28H,8-15,20H2,1H3,(H,35,38). The molecule has 0 radical (unpaired) electrons. The van der Waals surface area contributed by atoms with Crippen molar-refractivity contribution in [1.82, 2.24) is 20.1 Å². The van der Waals surface area contributed by atoms with Crippen LogP contribution in [0.25, 0.3) is 0 Å². The number of amides is 2. The Bertz CT molecular complexity index is 1320. The Morgan fingerprint density at radius 3 is 2.17 bits per heavy atom. The highest BCUT2D eigenvalue weighted by molar-refractivity contribution is 5.96. The van der Waals surface area contributed by atoms with Gasteiger partial charge in [0.2, 0.25) is 0 Å². The minimum absolute atomic E-state index is 0.0208. The van der Waals surface area contributed by atoms with Crippen LogP contribution < -0.4 is 14.8 Å². The van der Waals surface area contributed by atoms with Gasteiger partial charge in [-0.1, -0.05) is 0 Å². The molecule has 0 bridgehead atoms. The highest BCUT2D eigenvalue weighted by Gasteiger charge is 2.26. The number of benzene rings is 2. The minimum atomic E-state index is -0.581. The largest absolute Gasteiger partial charge is 0.497 e. The molecule has 2 aliphatic rings. The molecule has 2 saturated heterocycles. The van der Waals surface area contributed by atoms with Crippen molar-refractivity contribution in [3.8, 4) is 11.5 Å². The SMILES string of the molecule is COc1ccc(OC2CCN(C(=O)c3ccc(C(=O)NC4CCN(Cc5cc(F)cc(F)c5)CC4)nc3)CC2)cc1. The fourth-order valence-electron chi connectivity index (χ4n) is 5.32. The van der Waals surface area contributed by atoms with Gasteiger partial charge in [0, 0.05) is 63.9 Å². The molecule has 0 unspecified atom stereocenters. The molecule has 3 heterocycles. The Hall–Kier alpha value is -4.05. The second-order valence-electron chi connectivity index (χ2n) is 10.5. The summed E-state index contributed by atoms with van der Waals surface area (Å²) >= 11 is 0. The molecule has 8 nitrogen and oxygen atoms in total. The van der Waals surface area contributed by atoms with E-state index in [0.717, 1.165) is 43.2 Å². The number of aromatic nitrogens is 1. The average Bonchev–Trinajstić information content (AvgIpc) is 2.98. The highest BCUT2D eigenvalue weighted by Crippen LogP contribution is 2.23. The van der Waals surface area contributed by atoms with Crippen LogP contribution in [0.2, 0.25) is 0 Å². The van der Waals surface area contributed by atoms with Crippen molar-refractivity contribution >= 4 is 11.8 Å². The molecule has 3 aromatic rings. The first kappa shape index (κ1) is 28.5. The number of rotatable bonds is 8. The monoisotopic (exact) mass is 564 g/mol. The highest BCUT2D eigenvalue weighted by atomic mass is 19.1. The number of hydrogen-bond acceptors (Lipinski definition) is 6. The maximum absolute atomic E-state index is 13.5. The van der Waals surface area contributed by atoms with E-state index < -0.39 is 11.6 Å². The summed E-state index contributed by atoms with van der Waals surface area (Å²) in [6.07, 6.45) is 4.38. The first-order valence-corrected chi connectivity index (χ1v) is 13.9. The maximum Gasteiger partial charge on any atom is 0.270 e. The van der Waals surface area contributed by atoms with Crippen molar-refractivity contribution in [2.75, 3.05) is 33.3 Å². The van der Waals surface area contributed by atoms with Gasteiger partial charge in [-0.2, -0.15) is 0 Å². The zero-order valence-corrected chi connectivity index (χ0v) is 23.0. The van der Waals surface area contributed by atoms with Crippen molar-refractivity contribution < 1.29 is 27.8 Å². The number of pyridine rings is 1. The van der Waals surface area contributed by atoms with Gasteiger partial charge in [-0.15, -0.1) is 0 Å². The molecule has 5 rings (SSSR count). The topological polar surface area (TPSA) is 84.0 Å². The van der Waals surface area contributed by atoms with E-state index in [1.165, 1.54) is 18.3 Å². The molecule has 2 aromatic carbocycles. The van der Waals surface area contributed by atoms with Crippen molar-refractivity contribution in [2.24, 2.45) is 0 Å². The van der Waals surface area contributed by atoms with E-state index in [-0.39, 0.29) is 29.7 Å². The molecule has 1 aromatic heterocycles. The summed E-state index contributed by atoms with van der Waals surface area (Å²) in [5.41, 5.74) is 1.29. The fourth-order valence-corrected chi connectivity index (χ4v) is 5.32. The van der Waals surface area contributed by atoms with Crippen LogP contribution in [0.15, 0.2) is 60.8 Å². The Labute approximate surface area is 238 Å². The van der Waals surface area contributed by atoms with Crippen LogP contribution in [0, 0.1) is 11.6 Å². The van der Waals surface area contributed by atoms with Crippen LogP contribution in [0.5, 0.6) is 11.5 Å². The molecule has 0 spiro atoms.